The summed E-state index contributed by atoms with van der Waals surface area (Å²) < 4.78 is 0. The van der Waals surface area contributed by atoms with Crippen LogP contribution in [0, 0.1) is 0 Å². The lowest BCUT2D eigenvalue weighted by Crippen LogP contribution is -2.51. The van der Waals surface area contributed by atoms with Crippen LogP contribution in [0.25, 0.3) is 0 Å². The summed E-state index contributed by atoms with van der Waals surface area (Å²) in [5, 5.41) is 3.68. The summed E-state index contributed by atoms with van der Waals surface area (Å²) in [4.78, 5) is 16.6. The fourth-order valence-corrected chi connectivity index (χ4v) is 3.86. The molecular formula is C29H43N5. The number of piperazine rings is 1. The van der Waals surface area contributed by atoms with Crippen molar-refractivity contribution >= 4 is 17.1 Å². The van der Waals surface area contributed by atoms with Crippen LogP contribution in [0.3, 0.4) is 0 Å². The van der Waals surface area contributed by atoms with E-state index in [-0.39, 0.29) is 0 Å². The van der Waals surface area contributed by atoms with Gasteiger partial charge in [-0.1, -0.05) is 24.3 Å². The highest BCUT2D eigenvalue weighted by molar-refractivity contribution is 6.14. The van der Waals surface area contributed by atoms with Crippen LogP contribution < -0.4 is 5.32 Å². The van der Waals surface area contributed by atoms with Gasteiger partial charge in [0.2, 0.25) is 0 Å². The summed E-state index contributed by atoms with van der Waals surface area (Å²) >= 11 is 0. The average Bonchev–Trinajstić information content (AvgIpc) is 3.54. The molecule has 0 aromatic heterocycles. The molecule has 2 fully saturated rings. The van der Waals surface area contributed by atoms with Crippen LogP contribution in [0.15, 0.2) is 86.2 Å². The fraction of sp³-hybridized carbons (Fsp3) is 0.483. The Morgan fingerprint density at radius 3 is 2.24 bits per heavy atom. The van der Waals surface area contributed by atoms with Crippen molar-refractivity contribution in [2.45, 2.75) is 66.8 Å². The predicted octanol–water partition coefficient (Wildman–Crippen LogP) is 6.21. The molecule has 34 heavy (non-hydrogen) atoms. The Bertz CT molecular complexity index is 1010. The van der Waals surface area contributed by atoms with Gasteiger partial charge < -0.3 is 10.2 Å². The van der Waals surface area contributed by atoms with Crippen molar-refractivity contribution in [1.29, 1.82) is 0 Å². The molecule has 1 aliphatic heterocycles. The second-order valence-corrected chi connectivity index (χ2v) is 9.37. The lowest BCUT2D eigenvalue weighted by Gasteiger charge is -2.36. The molecule has 184 valence electrons. The summed E-state index contributed by atoms with van der Waals surface area (Å²) in [5.74, 6) is 0. The van der Waals surface area contributed by atoms with Crippen molar-refractivity contribution in [1.82, 2.24) is 10.2 Å². The maximum atomic E-state index is 4.92. The van der Waals surface area contributed by atoms with E-state index in [4.69, 9.17) is 4.99 Å². The summed E-state index contributed by atoms with van der Waals surface area (Å²) in [6, 6.07) is 0. The van der Waals surface area contributed by atoms with Gasteiger partial charge in [0.25, 0.3) is 0 Å². The maximum Gasteiger partial charge on any atom is 0.0887 e. The Labute approximate surface area is 207 Å². The van der Waals surface area contributed by atoms with Crippen molar-refractivity contribution in [3.8, 4) is 0 Å². The Kier molecular flexibility index (Phi) is 10.2. The zero-order valence-electron chi connectivity index (χ0n) is 22.5. The summed E-state index contributed by atoms with van der Waals surface area (Å²) in [6.45, 7) is 21.4. The van der Waals surface area contributed by atoms with Crippen molar-refractivity contribution in [3.05, 3.63) is 71.3 Å². The van der Waals surface area contributed by atoms with Gasteiger partial charge in [0.05, 0.1) is 11.4 Å². The SMILES string of the molecule is C=C(C)\C=C(/N=C(C)/C=C\C(=C/C)N1CCNC2(CC2)C1)C(\C=C(C)/C(C)=N\C(C)=C/C)=NC. The van der Waals surface area contributed by atoms with Gasteiger partial charge >= 0.3 is 0 Å². The van der Waals surface area contributed by atoms with Crippen LogP contribution in [0.5, 0.6) is 0 Å². The summed E-state index contributed by atoms with van der Waals surface area (Å²) in [5.41, 5.74) is 8.08. The molecule has 1 saturated heterocycles. The lowest BCUT2D eigenvalue weighted by molar-refractivity contribution is 0.239. The highest BCUT2D eigenvalue weighted by atomic mass is 15.2. The number of hydrogen-bond donors (Lipinski definition) is 1. The normalized spacial score (nSPS) is 21.1. The highest BCUT2D eigenvalue weighted by Gasteiger charge is 2.45. The van der Waals surface area contributed by atoms with E-state index in [0.29, 0.717) is 5.54 Å². The van der Waals surface area contributed by atoms with Crippen molar-refractivity contribution < 1.29 is 0 Å². The van der Waals surface area contributed by atoms with E-state index < -0.39 is 0 Å². The minimum Gasteiger partial charge on any atom is -0.369 e. The first kappa shape index (κ1) is 27.5. The molecular weight excluding hydrogens is 418 g/mol. The zero-order chi connectivity index (χ0) is 25.3. The molecule has 1 saturated carbocycles. The molecule has 1 N–H and O–H groups in total. The molecule has 0 radical (unpaired) electrons. The molecule has 5 nitrogen and oxygen atoms in total. The first-order valence-corrected chi connectivity index (χ1v) is 12.2. The third-order valence-corrected chi connectivity index (χ3v) is 6.25. The van der Waals surface area contributed by atoms with Crippen LogP contribution in [0.4, 0.5) is 0 Å². The van der Waals surface area contributed by atoms with Gasteiger partial charge in [-0.15, -0.1) is 0 Å². The van der Waals surface area contributed by atoms with Crippen LogP contribution >= 0.6 is 0 Å². The molecule has 0 amide bonds. The number of nitrogens with one attached hydrogen (secondary N) is 1. The largest absolute Gasteiger partial charge is 0.369 e. The molecule has 1 heterocycles. The molecule has 0 bridgehead atoms. The first-order valence-electron chi connectivity index (χ1n) is 12.2. The minimum absolute atomic E-state index is 0.352. The fourth-order valence-electron chi connectivity index (χ4n) is 3.86. The van der Waals surface area contributed by atoms with Crippen LogP contribution in [-0.4, -0.2) is 54.3 Å². The highest BCUT2D eigenvalue weighted by Crippen LogP contribution is 2.38. The van der Waals surface area contributed by atoms with Gasteiger partial charge in [-0.25, -0.2) is 0 Å². The van der Waals surface area contributed by atoms with E-state index >= 15 is 0 Å². The summed E-state index contributed by atoms with van der Waals surface area (Å²) in [6.07, 6.45) is 15.1. The van der Waals surface area contributed by atoms with E-state index in [9.17, 15) is 0 Å². The number of hydrogen-bond acceptors (Lipinski definition) is 5. The molecule has 1 aliphatic carbocycles. The third-order valence-electron chi connectivity index (χ3n) is 6.25. The van der Waals surface area contributed by atoms with Crippen LogP contribution in [-0.2, 0) is 0 Å². The molecule has 0 unspecified atom stereocenters. The van der Waals surface area contributed by atoms with Gasteiger partial charge in [-0.05, 0) is 91.2 Å². The molecule has 2 rings (SSSR count). The van der Waals surface area contributed by atoms with Crippen LogP contribution in [0.1, 0.15) is 61.3 Å². The van der Waals surface area contributed by atoms with Gasteiger partial charge in [-0.3, -0.25) is 15.0 Å². The smallest absolute Gasteiger partial charge is 0.0887 e. The van der Waals surface area contributed by atoms with Gasteiger partial charge in [-0.2, -0.15) is 0 Å². The Hall–Kier alpha value is -2.79. The maximum absolute atomic E-state index is 4.92. The predicted molar refractivity (Wildman–Crippen MR) is 150 cm³/mol. The van der Waals surface area contributed by atoms with Gasteiger partial charge in [0.15, 0.2) is 0 Å². The molecule has 2 aliphatic rings. The number of allylic oxidation sites excluding steroid dienone is 9. The van der Waals surface area contributed by atoms with Crippen molar-refractivity contribution in [2.75, 3.05) is 26.7 Å². The van der Waals surface area contributed by atoms with E-state index in [0.717, 1.165) is 59.3 Å². The lowest BCUT2D eigenvalue weighted by atomic mass is 10.1. The molecule has 5 heteroatoms. The van der Waals surface area contributed by atoms with Crippen LogP contribution in [0.2, 0.25) is 0 Å². The number of aliphatic imine (C=N–C) groups is 3. The second-order valence-electron chi connectivity index (χ2n) is 9.37. The van der Waals surface area contributed by atoms with Gasteiger partial charge in [0, 0.05) is 55.0 Å². The number of nitrogens with zero attached hydrogens (tertiary/aromatic N) is 4. The topological polar surface area (TPSA) is 52.3 Å². The Morgan fingerprint density at radius 1 is 0.971 bits per heavy atom. The van der Waals surface area contributed by atoms with Gasteiger partial charge in [0.1, 0.15) is 0 Å². The molecule has 0 aromatic carbocycles. The summed E-state index contributed by atoms with van der Waals surface area (Å²) in [7, 11) is 1.80. The standard InChI is InChI=1S/C29H43N5/c1-10-23(6)32-25(8)22(5)19-27(30-9)28(18-21(3)4)33-24(7)12-13-26(11-2)34-17-16-31-29(20-34)14-15-29/h10-13,18-19,31H,3,14-17,20H2,1-2,4-9H3/b13-12-,22-19-,23-10-,26-11+,28-18-,30-27?,32-25-,33-24+. The Morgan fingerprint density at radius 2 is 1.68 bits per heavy atom. The van der Waals surface area contributed by atoms with E-state index in [2.05, 4.69) is 58.9 Å². The third kappa shape index (κ3) is 8.21. The molecule has 0 aromatic rings. The molecule has 0 atom stereocenters. The van der Waals surface area contributed by atoms with E-state index in [1.54, 1.807) is 7.05 Å². The number of rotatable bonds is 9. The molecule has 1 spiro atoms. The first-order chi connectivity index (χ1) is 16.1. The minimum atomic E-state index is 0.352. The zero-order valence-corrected chi connectivity index (χ0v) is 22.5. The quantitative estimate of drug-likeness (QED) is 0.328. The van der Waals surface area contributed by atoms with E-state index in [1.807, 2.05) is 52.8 Å². The van der Waals surface area contributed by atoms with Crippen molar-refractivity contribution in [2.24, 2.45) is 15.0 Å². The van der Waals surface area contributed by atoms with E-state index in [1.165, 1.54) is 18.5 Å². The average molecular weight is 462 g/mol. The monoisotopic (exact) mass is 461 g/mol. The second kappa shape index (κ2) is 12.6. The Balaban J connectivity index is 2.26. The van der Waals surface area contributed by atoms with Crippen molar-refractivity contribution in [3.63, 3.8) is 0 Å².